The van der Waals surface area contributed by atoms with Gasteiger partial charge >= 0.3 is 5.97 Å². The maximum Gasteiger partial charge on any atom is 0.330 e. The van der Waals surface area contributed by atoms with Gasteiger partial charge in [0.2, 0.25) is 0 Å². The highest BCUT2D eigenvalue weighted by atomic mass is 16.7. The van der Waals surface area contributed by atoms with Crippen molar-refractivity contribution in [1.82, 2.24) is 15.0 Å². The second-order valence-electron chi connectivity index (χ2n) is 6.62. The number of fused-ring (bicyclic) bond motifs is 1. The van der Waals surface area contributed by atoms with Crippen molar-refractivity contribution in [1.29, 1.82) is 0 Å². The van der Waals surface area contributed by atoms with E-state index in [1.54, 1.807) is 11.3 Å². The Morgan fingerprint density at radius 3 is 2.68 bits per heavy atom. The number of rotatable bonds is 2. The van der Waals surface area contributed by atoms with Crippen LogP contribution < -0.4 is 4.90 Å². The molecule has 0 amide bonds. The maximum absolute atomic E-state index is 11.9. The van der Waals surface area contributed by atoms with E-state index in [1.165, 1.54) is 0 Å². The summed E-state index contributed by atoms with van der Waals surface area (Å²) in [6, 6.07) is 3.94. The van der Waals surface area contributed by atoms with E-state index < -0.39 is 5.41 Å². The number of carbonyl (C=O) groups excluding carboxylic acids is 1. The molecule has 6 nitrogen and oxygen atoms in total. The Hall–Kier alpha value is -2.08. The number of anilines is 1. The minimum Gasteiger partial charge on any atom is -0.367 e. The molecular weight excluding hydrogens is 280 g/mol. The molecule has 0 aromatic carbocycles. The summed E-state index contributed by atoms with van der Waals surface area (Å²) in [5, 5.41) is 1.76. The number of carbonyl (C=O) groups is 1. The molecule has 1 aliphatic heterocycles. The van der Waals surface area contributed by atoms with Crippen LogP contribution in [0.5, 0.6) is 0 Å². The average molecular weight is 302 g/mol. The largest absolute Gasteiger partial charge is 0.367 e. The lowest BCUT2D eigenvalue weighted by molar-refractivity contribution is -0.201. The van der Waals surface area contributed by atoms with Gasteiger partial charge in [0.15, 0.2) is 0 Å². The van der Waals surface area contributed by atoms with Crippen molar-refractivity contribution in [3.05, 3.63) is 24.5 Å². The lowest BCUT2D eigenvalue weighted by Crippen LogP contribution is -2.48. The van der Waals surface area contributed by atoms with Gasteiger partial charge in [-0.15, -0.1) is 5.06 Å². The number of aromatic amines is 1. The van der Waals surface area contributed by atoms with E-state index in [0.29, 0.717) is 13.1 Å². The molecule has 0 bridgehead atoms. The van der Waals surface area contributed by atoms with E-state index in [-0.39, 0.29) is 5.97 Å². The van der Waals surface area contributed by atoms with Crippen molar-refractivity contribution < 1.29 is 9.63 Å². The molecule has 1 fully saturated rings. The summed E-state index contributed by atoms with van der Waals surface area (Å²) in [5.74, 6) is -0.185. The molecule has 2 aromatic rings. The topological polar surface area (TPSA) is 61.5 Å². The van der Waals surface area contributed by atoms with E-state index in [2.05, 4.69) is 14.9 Å². The summed E-state index contributed by atoms with van der Waals surface area (Å²) >= 11 is 0. The molecule has 0 aliphatic carbocycles. The molecule has 22 heavy (non-hydrogen) atoms. The Bertz CT molecular complexity index is 666. The second kappa shape index (κ2) is 5.61. The van der Waals surface area contributed by atoms with Gasteiger partial charge in [0, 0.05) is 25.5 Å². The lowest BCUT2D eigenvalue weighted by atomic mass is 9.98. The van der Waals surface area contributed by atoms with Crippen molar-refractivity contribution in [2.24, 2.45) is 5.41 Å². The predicted octanol–water partition coefficient (Wildman–Crippen LogP) is 2.19. The maximum atomic E-state index is 11.9. The van der Waals surface area contributed by atoms with E-state index in [1.807, 2.05) is 39.1 Å². The molecule has 2 aromatic heterocycles. The number of aromatic nitrogens is 2. The Labute approximate surface area is 130 Å². The zero-order chi connectivity index (χ0) is 15.7. The fourth-order valence-corrected chi connectivity index (χ4v) is 2.46. The van der Waals surface area contributed by atoms with Crippen molar-refractivity contribution in [3.8, 4) is 0 Å². The third-order valence-electron chi connectivity index (χ3n) is 3.82. The summed E-state index contributed by atoms with van der Waals surface area (Å²) in [4.78, 5) is 27.3. The minimum atomic E-state index is -0.474. The standard InChI is InChI=1S/C16H22N4O2/c1-16(2,3)15(21)22-20-9-7-19(8-10-20)13-11-18-12-5-4-6-17-14(12)13/h4-6,11,18H,7-10H2,1-3H3. The third-order valence-corrected chi connectivity index (χ3v) is 3.82. The fourth-order valence-electron chi connectivity index (χ4n) is 2.46. The first kappa shape index (κ1) is 14.8. The summed E-state index contributed by atoms with van der Waals surface area (Å²) in [6.07, 6.45) is 3.80. The van der Waals surface area contributed by atoms with Crippen molar-refractivity contribution in [2.75, 3.05) is 31.1 Å². The number of nitrogens with zero attached hydrogens (tertiary/aromatic N) is 3. The van der Waals surface area contributed by atoms with Crippen LogP contribution in [0.4, 0.5) is 5.69 Å². The quantitative estimate of drug-likeness (QED) is 0.921. The molecule has 1 saturated heterocycles. The normalized spacial score (nSPS) is 17.0. The zero-order valence-corrected chi connectivity index (χ0v) is 13.3. The van der Waals surface area contributed by atoms with Gasteiger partial charge in [-0.2, -0.15) is 0 Å². The van der Waals surface area contributed by atoms with Crippen LogP contribution in [0.15, 0.2) is 24.5 Å². The number of hydrogen-bond acceptors (Lipinski definition) is 5. The summed E-state index contributed by atoms with van der Waals surface area (Å²) < 4.78 is 0. The Balaban J connectivity index is 1.64. The van der Waals surface area contributed by atoms with Gasteiger partial charge in [0.25, 0.3) is 0 Å². The van der Waals surface area contributed by atoms with Crippen LogP contribution in [0.2, 0.25) is 0 Å². The van der Waals surface area contributed by atoms with Gasteiger partial charge in [-0.3, -0.25) is 4.98 Å². The van der Waals surface area contributed by atoms with Crippen LogP contribution in [0, 0.1) is 5.41 Å². The number of hydroxylamine groups is 2. The van der Waals surface area contributed by atoms with Crippen molar-refractivity contribution in [2.45, 2.75) is 20.8 Å². The first-order valence-corrected chi connectivity index (χ1v) is 7.59. The Morgan fingerprint density at radius 2 is 2.00 bits per heavy atom. The summed E-state index contributed by atoms with van der Waals surface area (Å²) in [6.45, 7) is 8.60. The van der Waals surface area contributed by atoms with Gasteiger partial charge in [-0.1, -0.05) is 0 Å². The van der Waals surface area contributed by atoms with Crippen LogP contribution in [-0.2, 0) is 9.63 Å². The molecule has 118 valence electrons. The molecule has 6 heteroatoms. The Kier molecular flexibility index (Phi) is 3.78. The van der Waals surface area contributed by atoms with Gasteiger partial charge in [-0.05, 0) is 32.9 Å². The number of hydrogen-bond donors (Lipinski definition) is 1. The van der Waals surface area contributed by atoms with E-state index in [9.17, 15) is 4.79 Å². The van der Waals surface area contributed by atoms with Crippen LogP contribution in [-0.4, -0.2) is 47.2 Å². The lowest BCUT2D eigenvalue weighted by Gasteiger charge is -2.35. The highest BCUT2D eigenvalue weighted by Gasteiger charge is 2.28. The molecule has 3 rings (SSSR count). The van der Waals surface area contributed by atoms with Crippen LogP contribution in [0.1, 0.15) is 20.8 Å². The SMILES string of the molecule is CC(C)(C)C(=O)ON1CCN(c2c[nH]c3cccnc23)CC1. The highest BCUT2D eigenvalue weighted by molar-refractivity contribution is 5.89. The number of H-pyrrole nitrogens is 1. The number of piperazine rings is 1. The van der Waals surface area contributed by atoms with E-state index in [4.69, 9.17) is 4.84 Å². The monoisotopic (exact) mass is 302 g/mol. The molecule has 1 aliphatic rings. The van der Waals surface area contributed by atoms with Gasteiger partial charge in [0.05, 0.1) is 29.7 Å². The predicted molar refractivity (Wildman–Crippen MR) is 85.4 cm³/mol. The van der Waals surface area contributed by atoms with Crippen LogP contribution >= 0.6 is 0 Å². The smallest absolute Gasteiger partial charge is 0.330 e. The molecule has 0 unspecified atom stereocenters. The van der Waals surface area contributed by atoms with E-state index in [0.717, 1.165) is 29.8 Å². The van der Waals surface area contributed by atoms with Gasteiger partial charge in [0.1, 0.15) is 5.52 Å². The molecule has 0 saturated carbocycles. The molecular formula is C16H22N4O2. The highest BCUT2D eigenvalue weighted by Crippen LogP contribution is 2.25. The summed E-state index contributed by atoms with van der Waals surface area (Å²) in [7, 11) is 0. The molecule has 1 N–H and O–H groups in total. The summed E-state index contributed by atoms with van der Waals surface area (Å²) in [5.41, 5.74) is 2.66. The third kappa shape index (κ3) is 2.92. The van der Waals surface area contributed by atoms with E-state index >= 15 is 0 Å². The molecule has 0 radical (unpaired) electrons. The first-order chi connectivity index (χ1) is 10.4. The van der Waals surface area contributed by atoms with Crippen LogP contribution in [0.3, 0.4) is 0 Å². The number of pyridine rings is 1. The Morgan fingerprint density at radius 1 is 1.27 bits per heavy atom. The molecule has 3 heterocycles. The molecule has 0 atom stereocenters. The van der Waals surface area contributed by atoms with Gasteiger partial charge < -0.3 is 14.7 Å². The fraction of sp³-hybridized carbons (Fsp3) is 0.500. The molecule has 0 spiro atoms. The van der Waals surface area contributed by atoms with Crippen LogP contribution in [0.25, 0.3) is 11.0 Å². The zero-order valence-electron chi connectivity index (χ0n) is 13.3. The second-order valence-corrected chi connectivity index (χ2v) is 6.62. The van der Waals surface area contributed by atoms with Crippen molar-refractivity contribution in [3.63, 3.8) is 0 Å². The number of nitrogens with one attached hydrogen (secondary N) is 1. The first-order valence-electron chi connectivity index (χ1n) is 7.59. The van der Waals surface area contributed by atoms with Crippen molar-refractivity contribution >= 4 is 22.7 Å². The minimum absolute atomic E-state index is 0.185. The van der Waals surface area contributed by atoms with Gasteiger partial charge in [-0.25, -0.2) is 4.79 Å². The average Bonchev–Trinajstić information content (AvgIpc) is 2.91.